The summed E-state index contributed by atoms with van der Waals surface area (Å²) in [4.78, 5) is 0. The standard InChI is InChI=1S/C12H18BrNO3/c1-15-4-5-16-6-7-17-12-3-2-10(9-14)8-11(12)13/h2-3,8H,4-7,9,14H2,1H3. The van der Waals surface area contributed by atoms with E-state index in [2.05, 4.69) is 15.9 Å². The lowest BCUT2D eigenvalue weighted by Crippen LogP contribution is -2.10. The molecule has 0 heterocycles. The Labute approximate surface area is 110 Å². The summed E-state index contributed by atoms with van der Waals surface area (Å²) >= 11 is 3.44. The first kappa shape index (κ1) is 14.4. The van der Waals surface area contributed by atoms with Crippen LogP contribution >= 0.6 is 15.9 Å². The van der Waals surface area contributed by atoms with E-state index in [0.717, 1.165) is 15.8 Å². The maximum Gasteiger partial charge on any atom is 0.133 e. The van der Waals surface area contributed by atoms with Crippen molar-refractivity contribution in [2.24, 2.45) is 5.73 Å². The van der Waals surface area contributed by atoms with E-state index in [1.165, 1.54) is 0 Å². The Balaban J connectivity index is 2.27. The van der Waals surface area contributed by atoms with E-state index in [9.17, 15) is 0 Å². The van der Waals surface area contributed by atoms with E-state index in [4.69, 9.17) is 19.9 Å². The van der Waals surface area contributed by atoms with Gasteiger partial charge in [-0.2, -0.15) is 0 Å². The molecule has 2 N–H and O–H groups in total. The summed E-state index contributed by atoms with van der Waals surface area (Å²) in [5, 5.41) is 0. The number of hydrogen-bond acceptors (Lipinski definition) is 4. The lowest BCUT2D eigenvalue weighted by Gasteiger charge is -2.09. The molecular formula is C12H18BrNO3. The van der Waals surface area contributed by atoms with Gasteiger partial charge in [0.25, 0.3) is 0 Å². The molecule has 0 unspecified atom stereocenters. The van der Waals surface area contributed by atoms with Crippen molar-refractivity contribution in [3.05, 3.63) is 28.2 Å². The minimum atomic E-state index is 0.518. The molecule has 0 saturated heterocycles. The van der Waals surface area contributed by atoms with Gasteiger partial charge in [0.2, 0.25) is 0 Å². The Morgan fingerprint density at radius 1 is 1.18 bits per heavy atom. The van der Waals surface area contributed by atoms with Gasteiger partial charge in [-0.3, -0.25) is 0 Å². The van der Waals surface area contributed by atoms with Crippen LogP contribution in [-0.2, 0) is 16.0 Å². The Bertz CT molecular complexity index is 334. The third kappa shape index (κ3) is 5.50. The summed E-state index contributed by atoms with van der Waals surface area (Å²) < 4.78 is 16.6. The van der Waals surface area contributed by atoms with Crippen molar-refractivity contribution >= 4 is 15.9 Å². The average molecular weight is 304 g/mol. The van der Waals surface area contributed by atoms with Gasteiger partial charge in [-0.15, -0.1) is 0 Å². The lowest BCUT2D eigenvalue weighted by molar-refractivity contribution is 0.0543. The van der Waals surface area contributed by atoms with Crippen molar-refractivity contribution in [1.82, 2.24) is 0 Å². The first-order chi connectivity index (χ1) is 8.27. The minimum Gasteiger partial charge on any atom is -0.490 e. The zero-order chi connectivity index (χ0) is 12.5. The molecule has 96 valence electrons. The molecule has 1 rings (SSSR count). The van der Waals surface area contributed by atoms with Crippen molar-refractivity contribution in [1.29, 1.82) is 0 Å². The highest BCUT2D eigenvalue weighted by molar-refractivity contribution is 9.10. The van der Waals surface area contributed by atoms with E-state index in [0.29, 0.717) is 33.0 Å². The molecule has 0 spiro atoms. The normalized spacial score (nSPS) is 10.5. The van der Waals surface area contributed by atoms with Crippen LogP contribution in [0.1, 0.15) is 5.56 Å². The molecule has 0 amide bonds. The second-order valence-electron chi connectivity index (χ2n) is 3.42. The number of halogens is 1. The summed E-state index contributed by atoms with van der Waals surface area (Å²) in [6, 6.07) is 5.81. The molecule has 0 bridgehead atoms. The topological polar surface area (TPSA) is 53.7 Å². The quantitative estimate of drug-likeness (QED) is 0.746. The summed E-state index contributed by atoms with van der Waals surface area (Å²) in [5.41, 5.74) is 6.61. The van der Waals surface area contributed by atoms with Crippen LogP contribution in [0.4, 0.5) is 0 Å². The Morgan fingerprint density at radius 2 is 1.94 bits per heavy atom. The number of benzene rings is 1. The molecule has 0 aliphatic heterocycles. The average Bonchev–Trinajstić information content (AvgIpc) is 2.35. The highest BCUT2D eigenvalue weighted by Crippen LogP contribution is 2.25. The maximum absolute atomic E-state index is 5.56. The number of ether oxygens (including phenoxy) is 3. The third-order valence-corrected chi connectivity index (χ3v) is 2.77. The highest BCUT2D eigenvalue weighted by Gasteiger charge is 2.01. The van der Waals surface area contributed by atoms with Gasteiger partial charge < -0.3 is 19.9 Å². The van der Waals surface area contributed by atoms with Gasteiger partial charge in [0, 0.05) is 13.7 Å². The van der Waals surface area contributed by atoms with Gasteiger partial charge in [-0.1, -0.05) is 6.07 Å². The van der Waals surface area contributed by atoms with Gasteiger partial charge in [0.1, 0.15) is 12.4 Å². The van der Waals surface area contributed by atoms with Crippen LogP contribution < -0.4 is 10.5 Å². The van der Waals surface area contributed by atoms with E-state index in [1.807, 2.05) is 18.2 Å². The molecule has 0 radical (unpaired) electrons. The lowest BCUT2D eigenvalue weighted by atomic mass is 10.2. The Morgan fingerprint density at radius 3 is 2.59 bits per heavy atom. The second-order valence-corrected chi connectivity index (χ2v) is 4.28. The first-order valence-corrected chi connectivity index (χ1v) is 6.25. The second kappa shape index (κ2) is 8.47. The Hall–Kier alpha value is -0.620. The summed E-state index contributed by atoms with van der Waals surface area (Å²) in [6.45, 7) is 2.79. The number of rotatable bonds is 8. The molecule has 5 heteroatoms. The molecule has 4 nitrogen and oxygen atoms in total. The van der Waals surface area contributed by atoms with E-state index >= 15 is 0 Å². The molecule has 0 fully saturated rings. The maximum atomic E-state index is 5.56. The predicted octanol–water partition coefficient (Wildman–Crippen LogP) is 1.95. The number of hydrogen-bond donors (Lipinski definition) is 1. The van der Waals surface area contributed by atoms with Crippen molar-refractivity contribution in [3.63, 3.8) is 0 Å². The minimum absolute atomic E-state index is 0.518. The van der Waals surface area contributed by atoms with Crippen LogP contribution in [0.25, 0.3) is 0 Å². The largest absolute Gasteiger partial charge is 0.490 e. The monoisotopic (exact) mass is 303 g/mol. The van der Waals surface area contributed by atoms with Crippen molar-refractivity contribution in [3.8, 4) is 5.75 Å². The van der Waals surface area contributed by atoms with Gasteiger partial charge in [0.05, 0.1) is 24.3 Å². The van der Waals surface area contributed by atoms with Crippen LogP contribution in [0.3, 0.4) is 0 Å². The van der Waals surface area contributed by atoms with Crippen LogP contribution in [0.5, 0.6) is 5.75 Å². The summed E-state index contributed by atoms with van der Waals surface area (Å²) in [6.07, 6.45) is 0. The van der Waals surface area contributed by atoms with Gasteiger partial charge in [0.15, 0.2) is 0 Å². The SMILES string of the molecule is COCCOCCOc1ccc(CN)cc1Br. The number of methoxy groups -OCH3 is 1. The van der Waals surface area contributed by atoms with E-state index in [1.54, 1.807) is 7.11 Å². The first-order valence-electron chi connectivity index (χ1n) is 5.46. The zero-order valence-electron chi connectivity index (χ0n) is 9.95. The molecule has 0 aliphatic rings. The third-order valence-electron chi connectivity index (χ3n) is 2.15. The fourth-order valence-corrected chi connectivity index (χ4v) is 1.78. The molecule has 0 aromatic heterocycles. The zero-order valence-corrected chi connectivity index (χ0v) is 11.5. The molecular weight excluding hydrogens is 286 g/mol. The summed E-state index contributed by atoms with van der Waals surface area (Å²) in [5.74, 6) is 0.803. The fraction of sp³-hybridized carbons (Fsp3) is 0.500. The van der Waals surface area contributed by atoms with Gasteiger partial charge in [-0.05, 0) is 33.6 Å². The van der Waals surface area contributed by atoms with Crippen LogP contribution in [0.15, 0.2) is 22.7 Å². The van der Waals surface area contributed by atoms with Crippen molar-refractivity contribution < 1.29 is 14.2 Å². The number of nitrogens with two attached hydrogens (primary N) is 1. The van der Waals surface area contributed by atoms with Crippen LogP contribution in [-0.4, -0.2) is 33.5 Å². The molecule has 0 aliphatic carbocycles. The van der Waals surface area contributed by atoms with E-state index < -0.39 is 0 Å². The Kier molecular flexibility index (Phi) is 7.19. The fourth-order valence-electron chi connectivity index (χ4n) is 1.24. The molecule has 1 aromatic rings. The van der Waals surface area contributed by atoms with Gasteiger partial charge in [-0.25, -0.2) is 0 Å². The molecule has 0 saturated carbocycles. The summed E-state index contributed by atoms with van der Waals surface area (Å²) in [7, 11) is 1.65. The van der Waals surface area contributed by atoms with Crippen LogP contribution in [0, 0.1) is 0 Å². The van der Waals surface area contributed by atoms with Crippen LogP contribution in [0.2, 0.25) is 0 Å². The highest BCUT2D eigenvalue weighted by atomic mass is 79.9. The van der Waals surface area contributed by atoms with Gasteiger partial charge >= 0.3 is 0 Å². The van der Waals surface area contributed by atoms with E-state index in [-0.39, 0.29) is 0 Å². The molecule has 0 atom stereocenters. The predicted molar refractivity (Wildman–Crippen MR) is 70.2 cm³/mol. The smallest absolute Gasteiger partial charge is 0.133 e. The van der Waals surface area contributed by atoms with Crippen molar-refractivity contribution in [2.45, 2.75) is 6.54 Å². The van der Waals surface area contributed by atoms with Crippen molar-refractivity contribution in [2.75, 3.05) is 33.5 Å². The molecule has 17 heavy (non-hydrogen) atoms. The molecule has 1 aromatic carbocycles.